The normalized spacial score (nSPS) is 10.3. The zero-order valence-corrected chi connectivity index (χ0v) is 15.0. The Balaban J connectivity index is 1.53. The Morgan fingerprint density at radius 1 is 0.880 bits per heavy atom. The third-order valence-electron chi connectivity index (χ3n) is 3.59. The van der Waals surface area contributed by atoms with E-state index < -0.39 is 0 Å². The van der Waals surface area contributed by atoms with Crippen molar-refractivity contribution in [2.45, 2.75) is 6.42 Å². The van der Waals surface area contributed by atoms with Crippen LogP contribution in [-0.2, 0) is 6.42 Å². The van der Waals surface area contributed by atoms with E-state index in [0.717, 1.165) is 17.4 Å². The van der Waals surface area contributed by atoms with Gasteiger partial charge in [-0.15, -0.1) is 10.2 Å². The molecule has 0 radical (unpaired) electrons. The van der Waals surface area contributed by atoms with E-state index in [0.29, 0.717) is 17.2 Å². The van der Waals surface area contributed by atoms with Crippen molar-refractivity contribution in [3.63, 3.8) is 0 Å². The fourth-order valence-electron chi connectivity index (χ4n) is 2.30. The van der Waals surface area contributed by atoms with Gasteiger partial charge in [0, 0.05) is 11.0 Å². The zero-order chi connectivity index (χ0) is 17.5. The molecule has 3 rings (SSSR count). The van der Waals surface area contributed by atoms with Gasteiger partial charge in [0.05, 0.1) is 5.56 Å². The van der Waals surface area contributed by atoms with E-state index in [4.69, 9.17) is 0 Å². The number of rotatable bonds is 6. The molecule has 0 aliphatic rings. The lowest BCUT2D eigenvalue weighted by molar-refractivity contribution is 0.102. The Hall–Kier alpha value is -2.73. The number of halogens is 1. The molecule has 0 bridgehead atoms. The lowest BCUT2D eigenvalue weighted by Crippen LogP contribution is -2.14. The van der Waals surface area contributed by atoms with Crippen LogP contribution in [0.3, 0.4) is 0 Å². The number of hydrogen-bond acceptors (Lipinski definition) is 4. The summed E-state index contributed by atoms with van der Waals surface area (Å²) in [5, 5.41) is 14.1. The van der Waals surface area contributed by atoms with E-state index in [9.17, 15) is 4.79 Å². The molecular weight excluding hydrogens is 380 g/mol. The van der Waals surface area contributed by atoms with Crippen LogP contribution >= 0.6 is 15.9 Å². The van der Waals surface area contributed by atoms with E-state index >= 15 is 0 Å². The number of nitrogens with zero attached hydrogens (tertiary/aromatic N) is 2. The Morgan fingerprint density at radius 2 is 1.56 bits per heavy atom. The Morgan fingerprint density at radius 3 is 2.28 bits per heavy atom. The highest BCUT2D eigenvalue weighted by molar-refractivity contribution is 9.10. The van der Waals surface area contributed by atoms with E-state index in [-0.39, 0.29) is 5.91 Å². The molecule has 0 spiro atoms. The van der Waals surface area contributed by atoms with Crippen LogP contribution in [0.15, 0.2) is 71.2 Å². The van der Waals surface area contributed by atoms with Gasteiger partial charge >= 0.3 is 0 Å². The first-order valence-corrected chi connectivity index (χ1v) is 8.69. The molecule has 2 N–H and O–H groups in total. The van der Waals surface area contributed by atoms with Crippen molar-refractivity contribution in [2.24, 2.45) is 0 Å². The second-order valence-electron chi connectivity index (χ2n) is 5.40. The summed E-state index contributed by atoms with van der Waals surface area (Å²) < 4.78 is 0.736. The Labute approximate surface area is 154 Å². The highest BCUT2D eigenvalue weighted by atomic mass is 79.9. The molecule has 2 aromatic carbocycles. The molecule has 6 heteroatoms. The standard InChI is InChI=1S/C19H17BrN4O/c20-16-9-5-4-8-15(16)19(25)22-18-11-10-17(23-24-18)21-13-12-14-6-2-1-3-7-14/h1-11H,12-13H2,(H,21,23)(H,22,24,25). The minimum Gasteiger partial charge on any atom is -0.368 e. The average molecular weight is 397 g/mol. The maximum absolute atomic E-state index is 12.2. The summed E-state index contributed by atoms with van der Waals surface area (Å²) in [6.07, 6.45) is 0.906. The van der Waals surface area contributed by atoms with Crippen molar-refractivity contribution in [1.82, 2.24) is 10.2 Å². The van der Waals surface area contributed by atoms with Crippen LogP contribution in [0, 0.1) is 0 Å². The molecule has 25 heavy (non-hydrogen) atoms. The molecule has 0 fully saturated rings. The first-order chi connectivity index (χ1) is 12.2. The second-order valence-corrected chi connectivity index (χ2v) is 6.25. The molecule has 5 nitrogen and oxygen atoms in total. The molecule has 0 unspecified atom stereocenters. The topological polar surface area (TPSA) is 66.9 Å². The zero-order valence-electron chi connectivity index (χ0n) is 13.4. The van der Waals surface area contributed by atoms with Crippen molar-refractivity contribution in [1.29, 1.82) is 0 Å². The number of carbonyl (C=O) groups excluding carboxylic acids is 1. The van der Waals surface area contributed by atoms with E-state index in [2.05, 4.69) is 48.9 Å². The lowest BCUT2D eigenvalue weighted by atomic mass is 10.1. The van der Waals surface area contributed by atoms with Gasteiger partial charge in [-0.1, -0.05) is 42.5 Å². The van der Waals surface area contributed by atoms with Gasteiger partial charge < -0.3 is 10.6 Å². The minimum absolute atomic E-state index is 0.230. The molecule has 0 aliphatic heterocycles. The maximum atomic E-state index is 12.2. The maximum Gasteiger partial charge on any atom is 0.258 e. The van der Waals surface area contributed by atoms with Gasteiger partial charge in [0.2, 0.25) is 0 Å². The number of amides is 1. The highest BCUT2D eigenvalue weighted by Crippen LogP contribution is 2.17. The summed E-state index contributed by atoms with van der Waals surface area (Å²) in [6.45, 7) is 0.765. The van der Waals surface area contributed by atoms with Gasteiger partial charge in [-0.05, 0) is 52.2 Å². The van der Waals surface area contributed by atoms with Crippen molar-refractivity contribution in [3.8, 4) is 0 Å². The van der Waals surface area contributed by atoms with E-state index in [1.54, 1.807) is 18.2 Å². The molecule has 0 saturated heterocycles. The second kappa shape index (κ2) is 8.39. The molecule has 0 aliphatic carbocycles. The quantitative estimate of drug-likeness (QED) is 0.656. The number of benzene rings is 2. The van der Waals surface area contributed by atoms with Gasteiger partial charge in [-0.2, -0.15) is 0 Å². The highest BCUT2D eigenvalue weighted by Gasteiger charge is 2.10. The van der Waals surface area contributed by atoms with E-state index in [1.165, 1.54) is 5.56 Å². The molecule has 0 saturated carbocycles. The van der Waals surface area contributed by atoms with Crippen LogP contribution in [0.25, 0.3) is 0 Å². The number of carbonyl (C=O) groups is 1. The van der Waals surface area contributed by atoms with Crippen LogP contribution in [0.1, 0.15) is 15.9 Å². The molecule has 0 atom stereocenters. The summed E-state index contributed by atoms with van der Waals surface area (Å²) in [6, 6.07) is 21.0. The summed E-state index contributed by atoms with van der Waals surface area (Å²) in [7, 11) is 0. The van der Waals surface area contributed by atoms with Gasteiger partial charge in [0.25, 0.3) is 5.91 Å². The SMILES string of the molecule is O=C(Nc1ccc(NCCc2ccccc2)nn1)c1ccccc1Br. The summed E-state index contributed by atoms with van der Waals surface area (Å²) in [5.74, 6) is 0.857. The molecule has 1 aromatic heterocycles. The Bertz CT molecular complexity index is 838. The van der Waals surface area contributed by atoms with Crippen LogP contribution in [0.5, 0.6) is 0 Å². The van der Waals surface area contributed by atoms with Crippen molar-refractivity contribution in [2.75, 3.05) is 17.2 Å². The van der Waals surface area contributed by atoms with Crippen molar-refractivity contribution >= 4 is 33.5 Å². The van der Waals surface area contributed by atoms with Gasteiger partial charge in [0.1, 0.15) is 5.82 Å². The summed E-state index contributed by atoms with van der Waals surface area (Å²) in [4.78, 5) is 12.2. The first kappa shape index (κ1) is 17.1. The number of anilines is 2. The van der Waals surface area contributed by atoms with Crippen LogP contribution < -0.4 is 10.6 Å². The van der Waals surface area contributed by atoms with Gasteiger partial charge in [0.15, 0.2) is 5.82 Å². The summed E-state index contributed by atoms with van der Waals surface area (Å²) in [5.41, 5.74) is 1.81. The fraction of sp³-hybridized carbons (Fsp3) is 0.105. The number of aromatic nitrogens is 2. The van der Waals surface area contributed by atoms with Gasteiger partial charge in [-0.25, -0.2) is 0 Å². The summed E-state index contributed by atoms with van der Waals surface area (Å²) >= 11 is 3.36. The largest absolute Gasteiger partial charge is 0.368 e. The third-order valence-corrected chi connectivity index (χ3v) is 4.28. The average Bonchev–Trinajstić information content (AvgIpc) is 2.64. The predicted octanol–water partition coefficient (Wildman–Crippen LogP) is 4.15. The molecule has 1 heterocycles. The monoisotopic (exact) mass is 396 g/mol. The minimum atomic E-state index is -0.230. The van der Waals surface area contributed by atoms with Crippen LogP contribution in [0.2, 0.25) is 0 Å². The number of hydrogen-bond donors (Lipinski definition) is 2. The van der Waals surface area contributed by atoms with Crippen LogP contribution in [-0.4, -0.2) is 22.6 Å². The molecule has 126 valence electrons. The third kappa shape index (κ3) is 4.87. The first-order valence-electron chi connectivity index (χ1n) is 7.90. The van der Waals surface area contributed by atoms with Crippen molar-refractivity contribution in [3.05, 3.63) is 82.3 Å². The van der Waals surface area contributed by atoms with E-state index in [1.807, 2.05) is 36.4 Å². The smallest absolute Gasteiger partial charge is 0.258 e. The predicted molar refractivity (Wildman–Crippen MR) is 103 cm³/mol. The molecule has 3 aromatic rings. The van der Waals surface area contributed by atoms with Crippen molar-refractivity contribution < 1.29 is 4.79 Å². The molecular formula is C19H17BrN4O. The Kier molecular flexibility index (Phi) is 5.74. The van der Waals surface area contributed by atoms with Crippen LogP contribution in [0.4, 0.5) is 11.6 Å². The van der Waals surface area contributed by atoms with Gasteiger partial charge in [-0.3, -0.25) is 4.79 Å². The lowest BCUT2D eigenvalue weighted by Gasteiger charge is -2.07. The number of nitrogens with one attached hydrogen (secondary N) is 2. The fourth-order valence-corrected chi connectivity index (χ4v) is 2.77. The molecule has 1 amide bonds.